The summed E-state index contributed by atoms with van der Waals surface area (Å²) in [4.78, 5) is 13.6. The molecule has 0 saturated heterocycles. The molecule has 1 aliphatic rings. The van der Waals surface area contributed by atoms with E-state index < -0.39 is 0 Å². The Morgan fingerprint density at radius 2 is 2.04 bits per heavy atom. The van der Waals surface area contributed by atoms with Crippen LogP contribution in [-0.2, 0) is 6.61 Å². The molecule has 0 unspecified atom stereocenters. The van der Waals surface area contributed by atoms with E-state index in [4.69, 9.17) is 4.74 Å². The lowest BCUT2D eigenvalue weighted by atomic mass is 9.86. The zero-order chi connectivity index (χ0) is 16.8. The molecule has 0 bridgehead atoms. The van der Waals surface area contributed by atoms with E-state index in [0.717, 1.165) is 30.6 Å². The first-order valence-electron chi connectivity index (χ1n) is 8.41. The van der Waals surface area contributed by atoms with Gasteiger partial charge in [0, 0.05) is 23.1 Å². The third-order valence-electron chi connectivity index (χ3n) is 4.50. The first-order valence-corrected chi connectivity index (χ1v) is 9.29. The first kappa shape index (κ1) is 17.0. The lowest BCUT2D eigenvalue weighted by Gasteiger charge is -2.28. The van der Waals surface area contributed by atoms with Crippen molar-refractivity contribution < 1.29 is 14.6 Å². The highest BCUT2D eigenvalue weighted by atomic mass is 32.1. The number of benzene rings is 1. The summed E-state index contributed by atoms with van der Waals surface area (Å²) in [5.74, 6) is 1.05. The van der Waals surface area contributed by atoms with Crippen LogP contribution in [0.3, 0.4) is 0 Å². The van der Waals surface area contributed by atoms with Crippen LogP contribution >= 0.6 is 11.3 Å². The Balaban J connectivity index is 1.54. The maximum absolute atomic E-state index is 12.4. The molecule has 1 heterocycles. The van der Waals surface area contributed by atoms with Gasteiger partial charge in [-0.15, -0.1) is 11.3 Å². The van der Waals surface area contributed by atoms with Crippen LogP contribution in [-0.4, -0.2) is 23.7 Å². The second-order valence-electron chi connectivity index (χ2n) is 6.27. The van der Waals surface area contributed by atoms with Gasteiger partial charge in [0.15, 0.2) is 0 Å². The molecule has 1 saturated carbocycles. The number of hydrogen-bond donors (Lipinski definition) is 2. The molecule has 3 rings (SSSR count). The monoisotopic (exact) mass is 345 g/mol. The average Bonchev–Trinajstić information content (AvgIpc) is 3.14. The topological polar surface area (TPSA) is 58.6 Å². The summed E-state index contributed by atoms with van der Waals surface area (Å²) in [6, 6.07) is 11.6. The summed E-state index contributed by atoms with van der Waals surface area (Å²) in [5, 5.41) is 14.3. The van der Waals surface area contributed by atoms with E-state index in [2.05, 4.69) is 5.32 Å². The van der Waals surface area contributed by atoms with Gasteiger partial charge in [0.05, 0.1) is 0 Å². The van der Waals surface area contributed by atoms with E-state index in [-0.39, 0.29) is 18.6 Å². The minimum Gasteiger partial charge on any atom is -0.488 e. The van der Waals surface area contributed by atoms with E-state index in [1.54, 1.807) is 17.4 Å². The van der Waals surface area contributed by atoms with Crippen molar-refractivity contribution in [3.63, 3.8) is 0 Å². The quantitative estimate of drug-likeness (QED) is 0.841. The number of nitrogens with one attached hydrogen (secondary N) is 1. The smallest absolute Gasteiger partial charge is 0.251 e. The maximum Gasteiger partial charge on any atom is 0.251 e. The molecule has 24 heavy (non-hydrogen) atoms. The molecule has 128 valence electrons. The van der Waals surface area contributed by atoms with Crippen LogP contribution in [0.5, 0.6) is 5.75 Å². The van der Waals surface area contributed by atoms with E-state index in [1.807, 2.05) is 35.7 Å². The highest BCUT2D eigenvalue weighted by Crippen LogP contribution is 2.24. The van der Waals surface area contributed by atoms with Crippen LogP contribution in [0.1, 0.15) is 40.9 Å². The third kappa shape index (κ3) is 4.58. The Morgan fingerprint density at radius 1 is 1.21 bits per heavy atom. The fourth-order valence-electron chi connectivity index (χ4n) is 3.03. The molecule has 2 N–H and O–H groups in total. The van der Waals surface area contributed by atoms with Gasteiger partial charge in [-0.2, -0.15) is 0 Å². The third-order valence-corrected chi connectivity index (χ3v) is 5.35. The lowest BCUT2D eigenvalue weighted by molar-refractivity contribution is 0.0913. The van der Waals surface area contributed by atoms with Gasteiger partial charge < -0.3 is 15.2 Å². The highest BCUT2D eigenvalue weighted by molar-refractivity contribution is 7.09. The Bertz CT molecular complexity index is 648. The van der Waals surface area contributed by atoms with Gasteiger partial charge in [0.1, 0.15) is 12.4 Å². The van der Waals surface area contributed by atoms with Crippen molar-refractivity contribution in [2.45, 2.75) is 38.3 Å². The predicted octanol–water partition coefficient (Wildman–Crippen LogP) is 3.61. The summed E-state index contributed by atoms with van der Waals surface area (Å²) in [7, 11) is 0. The maximum atomic E-state index is 12.4. The summed E-state index contributed by atoms with van der Waals surface area (Å²) in [5.41, 5.74) is 0.628. The fourth-order valence-corrected chi connectivity index (χ4v) is 3.65. The lowest BCUT2D eigenvalue weighted by Crippen LogP contribution is -2.38. The molecule has 0 atom stereocenters. The number of aliphatic hydroxyl groups excluding tert-OH is 1. The fraction of sp³-hybridized carbons (Fsp3) is 0.421. The van der Waals surface area contributed by atoms with E-state index in [1.165, 1.54) is 0 Å². The predicted molar refractivity (Wildman–Crippen MR) is 95.4 cm³/mol. The molecule has 1 amide bonds. The average molecular weight is 345 g/mol. The molecule has 4 nitrogen and oxygen atoms in total. The summed E-state index contributed by atoms with van der Waals surface area (Å²) < 4.78 is 5.76. The Hall–Kier alpha value is -1.85. The van der Waals surface area contributed by atoms with Crippen molar-refractivity contribution in [2.75, 3.05) is 6.61 Å². The van der Waals surface area contributed by atoms with Gasteiger partial charge in [-0.05, 0) is 61.2 Å². The number of thiophene rings is 1. The number of hydrogen-bond acceptors (Lipinski definition) is 4. The van der Waals surface area contributed by atoms with Crippen molar-refractivity contribution in [3.05, 3.63) is 52.2 Å². The van der Waals surface area contributed by atoms with Gasteiger partial charge in [-0.3, -0.25) is 4.79 Å². The van der Waals surface area contributed by atoms with Crippen molar-refractivity contribution in [3.8, 4) is 5.75 Å². The summed E-state index contributed by atoms with van der Waals surface area (Å²) >= 11 is 1.66. The Labute approximate surface area is 146 Å². The van der Waals surface area contributed by atoms with Gasteiger partial charge in [-0.1, -0.05) is 12.1 Å². The van der Waals surface area contributed by atoms with Crippen LogP contribution < -0.4 is 10.1 Å². The zero-order valence-corrected chi connectivity index (χ0v) is 14.4. The van der Waals surface area contributed by atoms with Gasteiger partial charge in [0.25, 0.3) is 5.91 Å². The number of aliphatic hydroxyl groups is 1. The van der Waals surface area contributed by atoms with Crippen molar-refractivity contribution in [1.29, 1.82) is 0 Å². The van der Waals surface area contributed by atoms with E-state index in [9.17, 15) is 9.90 Å². The molecule has 2 aromatic rings. The molecule has 0 aliphatic heterocycles. The molecule has 1 fully saturated rings. The zero-order valence-electron chi connectivity index (χ0n) is 13.6. The summed E-state index contributed by atoms with van der Waals surface area (Å²) in [6.07, 6.45) is 3.83. The van der Waals surface area contributed by atoms with Crippen molar-refractivity contribution >= 4 is 17.2 Å². The van der Waals surface area contributed by atoms with Gasteiger partial charge in [-0.25, -0.2) is 0 Å². The van der Waals surface area contributed by atoms with Crippen molar-refractivity contribution in [2.24, 2.45) is 5.92 Å². The largest absolute Gasteiger partial charge is 0.488 e. The number of carbonyl (C=O) groups excluding carboxylic acids is 1. The number of carbonyl (C=O) groups is 1. The van der Waals surface area contributed by atoms with Crippen LogP contribution in [0, 0.1) is 5.92 Å². The minimum atomic E-state index is -0.0518. The molecule has 0 radical (unpaired) electrons. The van der Waals surface area contributed by atoms with Crippen LogP contribution in [0.4, 0.5) is 0 Å². The SMILES string of the molecule is O=C(NC1CCC(CO)CC1)c1cccc(OCc2cccs2)c1. The minimum absolute atomic E-state index is 0.0518. The molecule has 1 aromatic carbocycles. The molecule has 5 heteroatoms. The first-order chi connectivity index (χ1) is 11.7. The molecule has 1 aliphatic carbocycles. The van der Waals surface area contributed by atoms with Gasteiger partial charge >= 0.3 is 0 Å². The van der Waals surface area contributed by atoms with Crippen LogP contribution in [0.15, 0.2) is 41.8 Å². The Morgan fingerprint density at radius 3 is 2.75 bits per heavy atom. The second kappa shape index (κ2) is 8.31. The van der Waals surface area contributed by atoms with Crippen LogP contribution in [0.2, 0.25) is 0 Å². The summed E-state index contributed by atoms with van der Waals surface area (Å²) in [6.45, 7) is 0.776. The van der Waals surface area contributed by atoms with Gasteiger partial charge in [0.2, 0.25) is 0 Å². The standard InChI is InChI=1S/C19H23NO3S/c21-12-14-6-8-16(9-7-14)20-19(22)15-3-1-4-17(11-15)23-13-18-5-2-10-24-18/h1-5,10-11,14,16,21H,6-9,12-13H2,(H,20,22). The highest BCUT2D eigenvalue weighted by Gasteiger charge is 2.22. The normalized spacial score (nSPS) is 20.5. The molecule has 1 aromatic heterocycles. The number of ether oxygens (including phenoxy) is 1. The molecular weight excluding hydrogens is 322 g/mol. The second-order valence-corrected chi connectivity index (χ2v) is 7.30. The molecular formula is C19H23NO3S. The van der Waals surface area contributed by atoms with E-state index in [0.29, 0.717) is 23.8 Å². The number of amides is 1. The molecule has 0 spiro atoms. The van der Waals surface area contributed by atoms with Crippen LogP contribution in [0.25, 0.3) is 0 Å². The van der Waals surface area contributed by atoms with Crippen molar-refractivity contribution in [1.82, 2.24) is 5.32 Å². The number of rotatable bonds is 6. The van der Waals surface area contributed by atoms with E-state index >= 15 is 0 Å². The Kier molecular flexibility index (Phi) is 5.88.